The van der Waals surface area contributed by atoms with Crippen molar-refractivity contribution < 1.29 is 0 Å². The molecule has 0 unspecified atom stereocenters. The Morgan fingerprint density at radius 2 is 1.92 bits per heavy atom. The van der Waals surface area contributed by atoms with E-state index in [1.807, 2.05) is 19.4 Å². The number of hydrogen-bond acceptors (Lipinski definition) is 4. The second-order valence-electron chi connectivity index (χ2n) is 6.45. The summed E-state index contributed by atoms with van der Waals surface area (Å²) >= 11 is 0. The van der Waals surface area contributed by atoms with Gasteiger partial charge in [0.2, 0.25) is 0 Å². The Bertz CT molecular complexity index is 753. The molecule has 0 radical (unpaired) electrons. The Hall–Kier alpha value is -2.40. The van der Waals surface area contributed by atoms with Crippen LogP contribution in [0.4, 0.5) is 0 Å². The summed E-state index contributed by atoms with van der Waals surface area (Å²) in [6.45, 7) is 2.82. The van der Waals surface area contributed by atoms with Crippen molar-refractivity contribution in [2.24, 2.45) is 4.99 Å². The molecule has 2 aromatic rings. The van der Waals surface area contributed by atoms with Gasteiger partial charge in [0.15, 0.2) is 0 Å². The molecule has 2 aliphatic heterocycles. The second kappa shape index (κ2) is 6.61. The number of imidazole rings is 1. The molecular formula is C19H23N5. The van der Waals surface area contributed by atoms with E-state index in [9.17, 15) is 0 Å². The summed E-state index contributed by atoms with van der Waals surface area (Å²) < 4.78 is 2.34. The summed E-state index contributed by atoms with van der Waals surface area (Å²) in [6, 6.07) is 10.9. The van der Waals surface area contributed by atoms with Gasteiger partial charge in [0, 0.05) is 24.9 Å². The molecule has 24 heavy (non-hydrogen) atoms. The van der Waals surface area contributed by atoms with Crippen LogP contribution in [0.25, 0.3) is 11.3 Å². The number of nitrogens with zero attached hydrogens (tertiary/aromatic N) is 4. The molecule has 1 aromatic heterocycles. The summed E-state index contributed by atoms with van der Waals surface area (Å²) in [6.07, 6.45) is 8.46. The highest BCUT2D eigenvalue weighted by Gasteiger charge is 2.24. The van der Waals surface area contributed by atoms with Gasteiger partial charge in [0.25, 0.3) is 0 Å². The van der Waals surface area contributed by atoms with Gasteiger partial charge in [0.05, 0.1) is 23.4 Å². The van der Waals surface area contributed by atoms with Crippen molar-refractivity contribution in [2.75, 3.05) is 26.8 Å². The monoisotopic (exact) mass is 321 g/mol. The van der Waals surface area contributed by atoms with Gasteiger partial charge in [-0.3, -0.25) is 4.99 Å². The molecule has 124 valence electrons. The Kier molecular flexibility index (Phi) is 4.17. The minimum Gasteiger partial charge on any atom is -0.361 e. The van der Waals surface area contributed by atoms with E-state index in [2.05, 4.69) is 51.3 Å². The van der Waals surface area contributed by atoms with Crippen molar-refractivity contribution >= 4 is 5.71 Å². The van der Waals surface area contributed by atoms with Gasteiger partial charge in [-0.2, -0.15) is 0 Å². The maximum Gasteiger partial charge on any atom is 0.110 e. The molecule has 4 rings (SSSR count). The fraction of sp³-hybridized carbons (Fsp3) is 0.368. The molecule has 0 amide bonds. The average molecular weight is 321 g/mol. The van der Waals surface area contributed by atoms with Crippen LogP contribution in [0.2, 0.25) is 0 Å². The molecule has 5 nitrogen and oxygen atoms in total. The third kappa shape index (κ3) is 2.87. The fourth-order valence-electron chi connectivity index (χ4n) is 3.42. The van der Waals surface area contributed by atoms with E-state index in [-0.39, 0.29) is 0 Å². The van der Waals surface area contributed by atoms with Crippen LogP contribution in [0.3, 0.4) is 0 Å². The van der Waals surface area contributed by atoms with E-state index in [0.717, 1.165) is 48.6 Å². The first-order valence-corrected chi connectivity index (χ1v) is 8.59. The molecular weight excluding hydrogens is 298 g/mol. The molecule has 2 aliphatic rings. The molecule has 0 atom stereocenters. The van der Waals surface area contributed by atoms with Crippen LogP contribution < -0.4 is 5.32 Å². The van der Waals surface area contributed by atoms with Crippen molar-refractivity contribution in [3.8, 4) is 11.3 Å². The van der Waals surface area contributed by atoms with E-state index in [1.165, 1.54) is 0 Å². The normalized spacial score (nSPS) is 18.7. The Morgan fingerprint density at radius 1 is 1.12 bits per heavy atom. The largest absolute Gasteiger partial charge is 0.361 e. The van der Waals surface area contributed by atoms with Gasteiger partial charge in [-0.25, -0.2) is 4.98 Å². The molecule has 5 heteroatoms. The Labute approximate surface area is 142 Å². The second-order valence-corrected chi connectivity index (χ2v) is 6.45. The number of aliphatic imine (C=N–C) groups is 1. The van der Waals surface area contributed by atoms with Crippen molar-refractivity contribution in [2.45, 2.75) is 18.9 Å². The van der Waals surface area contributed by atoms with Crippen molar-refractivity contribution in [1.82, 2.24) is 19.8 Å². The Balaban J connectivity index is 1.80. The number of nitrogens with one attached hydrogen (secondary N) is 1. The summed E-state index contributed by atoms with van der Waals surface area (Å²) in [7, 11) is 2.04. The Morgan fingerprint density at radius 3 is 2.62 bits per heavy atom. The number of benzene rings is 1. The first-order chi connectivity index (χ1) is 11.8. The SMILES string of the molecule is CN1C=CC(c2c(-c3ccccc3)ncn2C2CCNCC2)=NC1. The molecule has 0 spiro atoms. The van der Waals surface area contributed by atoms with Gasteiger partial charge in [0.1, 0.15) is 6.67 Å². The lowest BCUT2D eigenvalue weighted by atomic mass is 10.0. The van der Waals surface area contributed by atoms with E-state index >= 15 is 0 Å². The highest BCUT2D eigenvalue weighted by molar-refractivity contribution is 6.11. The molecule has 0 aliphatic carbocycles. The van der Waals surface area contributed by atoms with Crippen LogP contribution in [0.15, 0.2) is 53.9 Å². The first kappa shape index (κ1) is 15.1. The van der Waals surface area contributed by atoms with Crippen molar-refractivity contribution in [3.05, 3.63) is 54.6 Å². The molecule has 0 saturated carbocycles. The van der Waals surface area contributed by atoms with Gasteiger partial charge < -0.3 is 14.8 Å². The zero-order valence-electron chi connectivity index (χ0n) is 14.0. The number of rotatable bonds is 3. The summed E-state index contributed by atoms with van der Waals surface area (Å²) in [5.74, 6) is 0. The van der Waals surface area contributed by atoms with E-state index in [1.54, 1.807) is 0 Å². The third-order valence-corrected chi connectivity index (χ3v) is 4.74. The summed E-state index contributed by atoms with van der Waals surface area (Å²) in [5.41, 5.74) is 4.36. The van der Waals surface area contributed by atoms with Gasteiger partial charge in [-0.1, -0.05) is 30.3 Å². The van der Waals surface area contributed by atoms with Crippen LogP contribution in [0.1, 0.15) is 24.6 Å². The minimum absolute atomic E-state index is 0.488. The van der Waals surface area contributed by atoms with E-state index in [0.29, 0.717) is 12.7 Å². The van der Waals surface area contributed by atoms with E-state index in [4.69, 9.17) is 9.98 Å². The van der Waals surface area contributed by atoms with E-state index < -0.39 is 0 Å². The highest BCUT2D eigenvalue weighted by atomic mass is 15.2. The van der Waals surface area contributed by atoms with Crippen molar-refractivity contribution in [1.29, 1.82) is 0 Å². The molecule has 1 N–H and O–H groups in total. The minimum atomic E-state index is 0.488. The molecule has 1 aromatic carbocycles. The standard InChI is InChI=1S/C19H23N5/c1-23-12-9-17(21-13-23)19-18(15-5-3-2-4-6-15)22-14-24(19)16-7-10-20-11-8-16/h2-6,9,12,14,16,20H,7-8,10-11,13H2,1H3. The highest BCUT2D eigenvalue weighted by Crippen LogP contribution is 2.29. The number of allylic oxidation sites excluding steroid dienone is 1. The molecule has 0 bridgehead atoms. The number of aromatic nitrogens is 2. The zero-order valence-corrected chi connectivity index (χ0v) is 14.0. The number of hydrogen-bond donors (Lipinski definition) is 1. The maximum atomic E-state index is 4.77. The van der Waals surface area contributed by atoms with Crippen LogP contribution in [0.5, 0.6) is 0 Å². The lowest BCUT2D eigenvalue weighted by Gasteiger charge is -2.26. The zero-order chi connectivity index (χ0) is 16.4. The van der Waals surface area contributed by atoms with Gasteiger partial charge >= 0.3 is 0 Å². The van der Waals surface area contributed by atoms with Crippen molar-refractivity contribution in [3.63, 3.8) is 0 Å². The lowest BCUT2D eigenvalue weighted by molar-refractivity contribution is 0.366. The topological polar surface area (TPSA) is 45.5 Å². The average Bonchev–Trinajstić information content (AvgIpc) is 3.09. The van der Waals surface area contributed by atoms with Crippen LogP contribution in [0, 0.1) is 0 Å². The maximum absolute atomic E-state index is 4.77. The predicted octanol–water partition coefficient (Wildman–Crippen LogP) is 2.68. The molecule has 1 fully saturated rings. The van der Waals surface area contributed by atoms with Crippen LogP contribution in [-0.4, -0.2) is 47.0 Å². The summed E-state index contributed by atoms with van der Waals surface area (Å²) in [4.78, 5) is 11.6. The fourth-order valence-corrected chi connectivity index (χ4v) is 3.42. The number of piperidine rings is 1. The van der Waals surface area contributed by atoms with Crippen LogP contribution >= 0.6 is 0 Å². The third-order valence-electron chi connectivity index (χ3n) is 4.74. The summed E-state index contributed by atoms with van der Waals surface area (Å²) in [5, 5.41) is 3.44. The van der Waals surface area contributed by atoms with Gasteiger partial charge in [-0.15, -0.1) is 0 Å². The molecule has 1 saturated heterocycles. The quantitative estimate of drug-likeness (QED) is 0.945. The van der Waals surface area contributed by atoms with Crippen LogP contribution in [-0.2, 0) is 0 Å². The predicted molar refractivity (Wildman–Crippen MR) is 97.1 cm³/mol. The first-order valence-electron chi connectivity index (χ1n) is 8.59. The smallest absolute Gasteiger partial charge is 0.110 e. The lowest BCUT2D eigenvalue weighted by Crippen LogP contribution is -2.30. The molecule has 3 heterocycles. The van der Waals surface area contributed by atoms with Gasteiger partial charge in [-0.05, 0) is 32.0 Å².